The van der Waals surface area contributed by atoms with Crippen molar-refractivity contribution in [2.24, 2.45) is 0 Å². The van der Waals surface area contributed by atoms with E-state index in [-0.39, 0.29) is 24.7 Å². The van der Waals surface area contributed by atoms with Gasteiger partial charge in [0, 0.05) is 29.3 Å². The molecule has 0 saturated carbocycles. The summed E-state index contributed by atoms with van der Waals surface area (Å²) < 4.78 is 10.7. The number of nitrogens with one attached hydrogen (secondary N) is 1. The first kappa shape index (κ1) is 16.7. The number of amides is 1. The Morgan fingerprint density at radius 1 is 1.30 bits per heavy atom. The molecule has 0 spiro atoms. The topological polar surface area (TPSA) is 64.6 Å². The molecule has 0 saturated heterocycles. The van der Waals surface area contributed by atoms with Gasteiger partial charge in [-0.15, -0.1) is 0 Å². The number of benzene rings is 1. The average molecular weight is 344 g/mol. The molecule has 1 aromatic rings. The summed E-state index contributed by atoms with van der Waals surface area (Å²) in [5, 5.41) is 2.78. The van der Waals surface area contributed by atoms with Gasteiger partial charge in [0.05, 0.1) is 19.6 Å². The van der Waals surface area contributed by atoms with Crippen molar-refractivity contribution in [1.29, 1.82) is 0 Å². The minimum absolute atomic E-state index is 0.0767. The zero-order valence-electron chi connectivity index (χ0n) is 11.6. The second-order valence-electron chi connectivity index (χ2n) is 4.05. The van der Waals surface area contributed by atoms with E-state index in [4.69, 9.17) is 9.47 Å². The second-order valence-corrected chi connectivity index (χ2v) is 4.91. The number of methoxy groups -OCH3 is 1. The fourth-order valence-corrected chi connectivity index (χ4v) is 2.11. The maximum atomic E-state index is 11.8. The lowest BCUT2D eigenvalue weighted by Crippen LogP contribution is -2.15. The third-order valence-electron chi connectivity index (χ3n) is 2.54. The van der Waals surface area contributed by atoms with Gasteiger partial charge >= 0.3 is 5.97 Å². The van der Waals surface area contributed by atoms with Crippen LogP contribution in [-0.2, 0) is 25.7 Å². The Kier molecular flexibility index (Phi) is 7.25. The van der Waals surface area contributed by atoms with E-state index in [1.807, 2.05) is 12.1 Å². The van der Waals surface area contributed by atoms with E-state index < -0.39 is 0 Å². The van der Waals surface area contributed by atoms with Crippen LogP contribution in [0, 0.1) is 0 Å². The number of rotatable bonds is 7. The lowest BCUT2D eigenvalue weighted by atomic mass is 10.2. The third kappa shape index (κ3) is 5.30. The number of carbonyl (C=O) groups excluding carboxylic acids is 2. The van der Waals surface area contributed by atoms with Gasteiger partial charge in [0.2, 0.25) is 5.91 Å². The van der Waals surface area contributed by atoms with Crippen molar-refractivity contribution in [3.63, 3.8) is 0 Å². The zero-order valence-corrected chi connectivity index (χ0v) is 13.2. The molecule has 110 valence electrons. The molecule has 1 aromatic carbocycles. The minimum Gasteiger partial charge on any atom is -0.466 e. The SMILES string of the molecule is CCOC(=O)CCC(=O)Nc1cccc(Br)c1COC. The van der Waals surface area contributed by atoms with Gasteiger partial charge in [-0.2, -0.15) is 0 Å². The largest absolute Gasteiger partial charge is 0.466 e. The van der Waals surface area contributed by atoms with Crippen molar-refractivity contribution in [1.82, 2.24) is 0 Å². The molecule has 0 bridgehead atoms. The molecule has 0 aliphatic heterocycles. The Bertz CT molecular complexity index is 476. The van der Waals surface area contributed by atoms with Crippen molar-refractivity contribution in [3.8, 4) is 0 Å². The van der Waals surface area contributed by atoms with Crippen LogP contribution in [-0.4, -0.2) is 25.6 Å². The van der Waals surface area contributed by atoms with E-state index in [0.29, 0.717) is 18.9 Å². The summed E-state index contributed by atoms with van der Waals surface area (Å²) in [6.45, 7) is 2.44. The lowest BCUT2D eigenvalue weighted by molar-refractivity contribution is -0.144. The molecular weight excluding hydrogens is 326 g/mol. The van der Waals surface area contributed by atoms with E-state index in [1.165, 1.54) is 0 Å². The van der Waals surface area contributed by atoms with Gasteiger partial charge < -0.3 is 14.8 Å². The fraction of sp³-hybridized carbons (Fsp3) is 0.429. The molecule has 5 nitrogen and oxygen atoms in total. The predicted octanol–water partition coefficient (Wildman–Crippen LogP) is 2.88. The number of hydrogen-bond donors (Lipinski definition) is 1. The first-order valence-electron chi connectivity index (χ1n) is 6.30. The van der Waals surface area contributed by atoms with E-state index in [2.05, 4.69) is 21.2 Å². The summed E-state index contributed by atoms with van der Waals surface area (Å²) in [5.74, 6) is -0.595. The molecule has 1 amide bonds. The van der Waals surface area contributed by atoms with Crippen LogP contribution in [0.25, 0.3) is 0 Å². The molecular formula is C14H18BrNO4. The van der Waals surface area contributed by atoms with Crippen LogP contribution in [0.3, 0.4) is 0 Å². The predicted molar refractivity (Wildman–Crippen MR) is 79.4 cm³/mol. The Morgan fingerprint density at radius 2 is 2.05 bits per heavy atom. The molecule has 6 heteroatoms. The molecule has 0 aromatic heterocycles. The quantitative estimate of drug-likeness (QED) is 0.773. The molecule has 1 N–H and O–H groups in total. The first-order valence-corrected chi connectivity index (χ1v) is 7.09. The van der Waals surface area contributed by atoms with E-state index in [1.54, 1.807) is 20.1 Å². The zero-order chi connectivity index (χ0) is 15.0. The Hall–Kier alpha value is -1.40. The monoisotopic (exact) mass is 343 g/mol. The highest BCUT2D eigenvalue weighted by Gasteiger charge is 2.11. The number of hydrogen-bond acceptors (Lipinski definition) is 4. The smallest absolute Gasteiger partial charge is 0.306 e. The van der Waals surface area contributed by atoms with Gasteiger partial charge in [-0.1, -0.05) is 22.0 Å². The molecule has 0 unspecified atom stereocenters. The maximum absolute atomic E-state index is 11.8. The summed E-state index contributed by atoms with van der Waals surface area (Å²) in [4.78, 5) is 23.0. The molecule has 0 atom stereocenters. The molecule has 1 rings (SSSR count). The number of anilines is 1. The van der Waals surface area contributed by atoms with Gasteiger partial charge in [-0.25, -0.2) is 0 Å². The number of halogens is 1. The van der Waals surface area contributed by atoms with E-state index in [9.17, 15) is 9.59 Å². The molecule has 0 fully saturated rings. The minimum atomic E-state index is -0.367. The average Bonchev–Trinajstić information content (AvgIpc) is 2.41. The second kappa shape index (κ2) is 8.71. The van der Waals surface area contributed by atoms with Gasteiger partial charge in [0.15, 0.2) is 0 Å². The van der Waals surface area contributed by atoms with Crippen LogP contribution in [0.1, 0.15) is 25.3 Å². The van der Waals surface area contributed by atoms with Gasteiger partial charge in [-0.3, -0.25) is 9.59 Å². The maximum Gasteiger partial charge on any atom is 0.306 e. The highest BCUT2D eigenvalue weighted by Crippen LogP contribution is 2.25. The Morgan fingerprint density at radius 3 is 2.70 bits per heavy atom. The summed E-state index contributed by atoms with van der Waals surface area (Å²) in [7, 11) is 1.59. The molecule has 0 aliphatic carbocycles. The van der Waals surface area contributed by atoms with Crippen molar-refractivity contribution in [2.75, 3.05) is 19.0 Å². The van der Waals surface area contributed by atoms with Crippen LogP contribution < -0.4 is 5.32 Å². The number of ether oxygens (including phenoxy) is 2. The van der Waals surface area contributed by atoms with Gasteiger partial charge in [0.1, 0.15) is 0 Å². The fourth-order valence-electron chi connectivity index (χ4n) is 1.63. The summed E-state index contributed by atoms with van der Waals surface area (Å²) in [6, 6.07) is 5.49. The van der Waals surface area contributed by atoms with Crippen molar-refractivity contribution in [2.45, 2.75) is 26.4 Å². The van der Waals surface area contributed by atoms with Crippen LogP contribution in [0.5, 0.6) is 0 Å². The van der Waals surface area contributed by atoms with Gasteiger partial charge in [-0.05, 0) is 19.1 Å². The van der Waals surface area contributed by atoms with Crippen molar-refractivity contribution >= 4 is 33.5 Å². The number of esters is 1. The van der Waals surface area contributed by atoms with Crippen LogP contribution in [0.2, 0.25) is 0 Å². The molecule has 20 heavy (non-hydrogen) atoms. The summed E-state index contributed by atoms with van der Waals surface area (Å²) in [6.07, 6.45) is 0.172. The van der Waals surface area contributed by atoms with Crippen LogP contribution in [0.15, 0.2) is 22.7 Å². The molecule has 0 radical (unpaired) electrons. The third-order valence-corrected chi connectivity index (χ3v) is 3.29. The highest BCUT2D eigenvalue weighted by molar-refractivity contribution is 9.10. The lowest BCUT2D eigenvalue weighted by Gasteiger charge is -2.12. The normalized spacial score (nSPS) is 10.2. The van der Waals surface area contributed by atoms with Crippen molar-refractivity contribution in [3.05, 3.63) is 28.2 Å². The van der Waals surface area contributed by atoms with Gasteiger partial charge in [0.25, 0.3) is 0 Å². The molecule has 0 aliphatic rings. The standard InChI is InChI=1S/C14H18BrNO4/c1-3-20-14(18)8-7-13(17)16-12-6-4-5-11(15)10(12)9-19-2/h4-6H,3,7-9H2,1-2H3,(H,16,17). The Balaban J connectivity index is 2.61. The van der Waals surface area contributed by atoms with Crippen LogP contribution >= 0.6 is 15.9 Å². The van der Waals surface area contributed by atoms with E-state index >= 15 is 0 Å². The molecule has 0 heterocycles. The summed E-state index contributed by atoms with van der Waals surface area (Å²) >= 11 is 3.42. The first-order chi connectivity index (χ1) is 9.58. The Labute approximate surface area is 126 Å². The van der Waals surface area contributed by atoms with Crippen molar-refractivity contribution < 1.29 is 19.1 Å². The summed E-state index contributed by atoms with van der Waals surface area (Å²) in [5.41, 5.74) is 1.54. The highest BCUT2D eigenvalue weighted by atomic mass is 79.9. The van der Waals surface area contributed by atoms with Crippen LogP contribution in [0.4, 0.5) is 5.69 Å². The number of carbonyl (C=O) groups is 2. The van der Waals surface area contributed by atoms with E-state index in [0.717, 1.165) is 10.0 Å².